The van der Waals surface area contributed by atoms with E-state index in [9.17, 15) is 4.79 Å². The van der Waals surface area contributed by atoms with Crippen LogP contribution in [0.1, 0.15) is 28.6 Å². The van der Waals surface area contributed by atoms with Crippen molar-refractivity contribution in [3.8, 4) is 0 Å². The van der Waals surface area contributed by atoms with Crippen LogP contribution in [-0.2, 0) is 0 Å². The van der Waals surface area contributed by atoms with Crippen molar-refractivity contribution in [1.29, 1.82) is 0 Å². The molecule has 2 aromatic rings. The van der Waals surface area contributed by atoms with Gasteiger partial charge in [-0.15, -0.1) is 0 Å². The van der Waals surface area contributed by atoms with Crippen LogP contribution in [0.2, 0.25) is 0 Å². The molecule has 3 heterocycles. The highest BCUT2D eigenvalue weighted by molar-refractivity contribution is 5.86. The molecule has 0 saturated heterocycles. The second kappa shape index (κ2) is 4.14. The Hall–Kier alpha value is -2.37. The quantitative estimate of drug-likeness (QED) is 0.834. The van der Waals surface area contributed by atoms with Gasteiger partial charge in [0.15, 0.2) is 5.69 Å². The average Bonchev–Trinajstić information content (AvgIpc) is 2.83. The Labute approximate surface area is 103 Å². The molecule has 0 radical (unpaired) electrons. The molecule has 0 spiro atoms. The van der Waals surface area contributed by atoms with Gasteiger partial charge in [0, 0.05) is 18.8 Å². The zero-order valence-electron chi connectivity index (χ0n) is 9.58. The third-order valence-corrected chi connectivity index (χ3v) is 3.00. The highest BCUT2D eigenvalue weighted by Gasteiger charge is 2.25. The fraction of sp³-hybridized carbons (Fsp3) is 0.250. The summed E-state index contributed by atoms with van der Waals surface area (Å²) in [6, 6.07) is 7.26. The third kappa shape index (κ3) is 1.71. The molecule has 0 saturated carbocycles. The van der Waals surface area contributed by atoms with Crippen LogP contribution in [0.3, 0.4) is 0 Å². The molecule has 18 heavy (non-hydrogen) atoms. The molecule has 92 valence electrons. The zero-order chi connectivity index (χ0) is 12.5. The van der Waals surface area contributed by atoms with Gasteiger partial charge >= 0.3 is 5.97 Å². The van der Waals surface area contributed by atoms with Crippen LogP contribution in [0, 0.1) is 0 Å². The van der Waals surface area contributed by atoms with Crippen molar-refractivity contribution in [2.75, 3.05) is 11.9 Å². The standard InChI is InChI=1S/C12H12N4O2/c17-12(18)9-7-11-14-6-4-10(16(11)15-9)8-3-1-2-5-13-8/h1-3,5,7,10,14H,4,6H2,(H,17,18). The molecule has 0 aliphatic carbocycles. The Kier molecular flexibility index (Phi) is 2.47. The molecular weight excluding hydrogens is 232 g/mol. The van der Waals surface area contributed by atoms with E-state index in [-0.39, 0.29) is 11.7 Å². The first-order valence-electron chi connectivity index (χ1n) is 5.73. The van der Waals surface area contributed by atoms with Crippen LogP contribution in [0.4, 0.5) is 5.82 Å². The molecule has 0 amide bonds. The molecule has 6 heteroatoms. The van der Waals surface area contributed by atoms with Gasteiger partial charge in [-0.3, -0.25) is 4.98 Å². The number of hydrogen-bond acceptors (Lipinski definition) is 4. The number of fused-ring (bicyclic) bond motifs is 1. The maximum Gasteiger partial charge on any atom is 0.356 e. The summed E-state index contributed by atoms with van der Waals surface area (Å²) in [5.41, 5.74) is 0.959. The highest BCUT2D eigenvalue weighted by Crippen LogP contribution is 2.28. The second-order valence-electron chi connectivity index (χ2n) is 4.15. The van der Waals surface area contributed by atoms with Crippen LogP contribution >= 0.6 is 0 Å². The first kappa shape index (κ1) is 10.8. The first-order valence-corrected chi connectivity index (χ1v) is 5.73. The molecule has 1 aliphatic heterocycles. The fourth-order valence-electron chi connectivity index (χ4n) is 2.17. The van der Waals surface area contributed by atoms with Gasteiger partial charge < -0.3 is 10.4 Å². The van der Waals surface area contributed by atoms with Gasteiger partial charge in [0.2, 0.25) is 0 Å². The lowest BCUT2D eigenvalue weighted by Gasteiger charge is -2.24. The highest BCUT2D eigenvalue weighted by atomic mass is 16.4. The van der Waals surface area contributed by atoms with Crippen molar-refractivity contribution < 1.29 is 9.90 Å². The number of aromatic carboxylic acids is 1. The summed E-state index contributed by atoms with van der Waals surface area (Å²) in [5, 5.41) is 16.2. The number of nitrogens with zero attached hydrogens (tertiary/aromatic N) is 3. The summed E-state index contributed by atoms with van der Waals surface area (Å²) < 4.78 is 1.70. The molecule has 2 N–H and O–H groups in total. The van der Waals surface area contributed by atoms with E-state index in [1.807, 2.05) is 18.2 Å². The van der Waals surface area contributed by atoms with Crippen LogP contribution in [0.5, 0.6) is 0 Å². The number of carboxylic acid groups (broad SMARTS) is 1. The molecule has 6 nitrogen and oxygen atoms in total. The molecule has 2 aromatic heterocycles. The van der Waals surface area contributed by atoms with Crippen LogP contribution in [0.15, 0.2) is 30.5 Å². The fourth-order valence-corrected chi connectivity index (χ4v) is 2.17. The predicted octanol–water partition coefficient (Wildman–Crippen LogP) is 1.38. The average molecular weight is 244 g/mol. The second-order valence-corrected chi connectivity index (χ2v) is 4.15. The van der Waals surface area contributed by atoms with E-state index in [1.54, 1.807) is 16.9 Å². The molecular formula is C12H12N4O2. The zero-order valence-corrected chi connectivity index (χ0v) is 9.58. The van der Waals surface area contributed by atoms with E-state index < -0.39 is 5.97 Å². The lowest BCUT2D eigenvalue weighted by Crippen LogP contribution is -2.25. The van der Waals surface area contributed by atoms with Crippen LogP contribution in [0.25, 0.3) is 0 Å². The summed E-state index contributed by atoms with van der Waals surface area (Å²) in [6.45, 7) is 0.784. The molecule has 3 rings (SSSR count). The number of hydrogen-bond donors (Lipinski definition) is 2. The van der Waals surface area contributed by atoms with Crippen molar-refractivity contribution in [2.24, 2.45) is 0 Å². The smallest absolute Gasteiger partial charge is 0.356 e. The number of aromatic nitrogens is 3. The number of rotatable bonds is 2. The number of pyridine rings is 1. The van der Waals surface area contributed by atoms with Gasteiger partial charge in [-0.1, -0.05) is 6.07 Å². The van der Waals surface area contributed by atoms with Crippen molar-refractivity contribution >= 4 is 11.8 Å². The van der Waals surface area contributed by atoms with E-state index in [0.717, 1.165) is 24.5 Å². The number of carbonyl (C=O) groups is 1. The summed E-state index contributed by atoms with van der Waals surface area (Å²) in [6.07, 6.45) is 2.57. The molecule has 1 atom stereocenters. The molecule has 0 fully saturated rings. The van der Waals surface area contributed by atoms with Gasteiger partial charge in [0.25, 0.3) is 0 Å². The maximum atomic E-state index is 10.9. The van der Waals surface area contributed by atoms with Crippen LogP contribution < -0.4 is 5.32 Å². The Balaban J connectivity index is 2.04. The van der Waals surface area contributed by atoms with Crippen LogP contribution in [-0.4, -0.2) is 32.4 Å². The Bertz CT molecular complexity index is 579. The molecule has 0 bridgehead atoms. The minimum atomic E-state index is -1.02. The third-order valence-electron chi connectivity index (χ3n) is 3.00. The maximum absolute atomic E-state index is 10.9. The summed E-state index contributed by atoms with van der Waals surface area (Å²) in [7, 11) is 0. The molecule has 1 unspecified atom stereocenters. The van der Waals surface area contributed by atoms with Gasteiger partial charge in [-0.05, 0) is 18.6 Å². The topological polar surface area (TPSA) is 80.0 Å². The van der Waals surface area contributed by atoms with Gasteiger partial charge in [0.1, 0.15) is 5.82 Å². The Morgan fingerprint density at radius 3 is 3.11 bits per heavy atom. The first-order chi connectivity index (χ1) is 8.75. The van der Waals surface area contributed by atoms with Gasteiger partial charge in [-0.2, -0.15) is 5.10 Å². The number of nitrogens with one attached hydrogen (secondary N) is 1. The molecule has 0 aromatic carbocycles. The molecule has 1 aliphatic rings. The Morgan fingerprint density at radius 1 is 1.50 bits per heavy atom. The largest absolute Gasteiger partial charge is 0.476 e. The number of anilines is 1. The van der Waals surface area contributed by atoms with E-state index in [4.69, 9.17) is 5.11 Å². The normalized spacial score (nSPS) is 17.9. The Morgan fingerprint density at radius 2 is 2.39 bits per heavy atom. The van der Waals surface area contributed by atoms with E-state index in [1.165, 1.54) is 0 Å². The van der Waals surface area contributed by atoms with E-state index in [0.29, 0.717) is 0 Å². The van der Waals surface area contributed by atoms with Gasteiger partial charge in [-0.25, -0.2) is 9.48 Å². The van der Waals surface area contributed by atoms with Crippen molar-refractivity contribution in [3.63, 3.8) is 0 Å². The minimum Gasteiger partial charge on any atom is -0.476 e. The van der Waals surface area contributed by atoms with Crippen molar-refractivity contribution in [3.05, 3.63) is 41.9 Å². The SMILES string of the molecule is O=C(O)c1cc2n(n1)C(c1ccccn1)CCN2. The van der Waals surface area contributed by atoms with E-state index >= 15 is 0 Å². The number of carboxylic acids is 1. The lowest BCUT2D eigenvalue weighted by atomic mass is 10.1. The minimum absolute atomic E-state index is 0.00412. The summed E-state index contributed by atoms with van der Waals surface area (Å²) >= 11 is 0. The monoisotopic (exact) mass is 244 g/mol. The predicted molar refractivity (Wildman–Crippen MR) is 64.7 cm³/mol. The van der Waals surface area contributed by atoms with Gasteiger partial charge in [0.05, 0.1) is 11.7 Å². The summed E-state index contributed by atoms with van der Waals surface area (Å²) in [5.74, 6) is -0.284. The lowest BCUT2D eigenvalue weighted by molar-refractivity contribution is 0.0689. The summed E-state index contributed by atoms with van der Waals surface area (Å²) in [4.78, 5) is 15.3. The van der Waals surface area contributed by atoms with Crippen molar-refractivity contribution in [2.45, 2.75) is 12.5 Å². The van der Waals surface area contributed by atoms with E-state index in [2.05, 4.69) is 15.4 Å². The van der Waals surface area contributed by atoms with Crippen molar-refractivity contribution in [1.82, 2.24) is 14.8 Å².